The zero-order valence-corrected chi connectivity index (χ0v) is 45.6. The number of carbonyl (C=O) groups is 3. The van der Waals surface area contributed by atoms with Crippen LogP contribution in [-0.2, 0) is 28.6 Å². The average molecular weight is 964 g/mol. The van der Waals surface area contributed by atoms with Gasteiger partial charge in [0.2, 0.25) is 0 Å². The molecule has 0 radical (unpaired) electrons. The summed E-state index contributed by atoms with van der Waals surface area (Å²) in [5, 5.41) is 0. The van der Waals surface area contributed by atoms with Gasteiger partial charge in [-0.3, -0.25) is 14.4 Å². The lowest BCUT2D eigenvalue weighted by molar-refractivity contribution is -0.167. The molecule has 0 aromatic heterocycles. The van der Waals surface area contributed by atoms with Gasteiger partial charge in [0.1, 0.15) is 13.2 Å². The Morgan fingerprint density at radius 1 is 0.319 bits per heavy atom. The molecule has 0 aromatic carbocycles. The van der Waals surface area contributed by atoms with Gasteiger partial charge >= 0.3 is 17.9 Å². The molecule has 0 bridgehead atoms. The van der Waals surface area contributed by atoms with E-state index in [2.05, 4.69) is 93.7 Å². The second kappa shape index (κ2) is 57.4. The molecule has 398 valence electrons. The van der Waals surface area contributed by atoms with Crippen LogP contribution < -0.4 is 0 Å². The fraction of sp³-hybridized carbons (Fsp3) is 0.762. The molecule has 6 nitrogen and oxygen atoms in total. The highest BCUT2D eigenvalue weighted by Gasteiger charge is 2.19. The maximum Gasteiger partial charge on any atom is 0.306 e. The van der Waals surface area contributed by atoms with E-state index in [-0.39, 0.29) is 31.1 Å². The molecule has 0 saturated carbocycles. The molecule has 0 rings (SSSR count). The second-order valence-electron chi connectivity index (χ2n) is 19.5. The lowest BCUT2D eigenvalue weighted by Crippen LogP contribution is -2.30. The summed E-state index contributed by atoms with van der Waals surface area (Å²) in [7, 11) is 0. The smallest absolute Gasteiger partial charge is 0.306 e. The zero-order chi connectivity index (χ0) is 50.0. The van der Waals surface area contributed by atoms with Gasteiger partial charge in [-0.25, -0.2) is 0 Å². The van der Waals surface area contributed by atoms with E-state index < -0.39 is 6.10 Å². The van der Waals surface area contributed by atoms with Crippen molar-refractivity contribution in [3.63, 3.8) is 0 Å². The molecule has 69 heavy (non-hydrogen) atoms. The van der Waals surface area contributed by atoms with E-state index in [9.17, 15) is 14.4 Å². The van der Waals surface area contributed by atoms with Crippen molar-refractivity contribution < 1.29 is 28.6 Å². The number of esters is 3. The highest BCUT2D eigenvalue weighted by atomic mass is 16.6. The first-order valence-electron chi connectivity index (χ1n) is 29.5. The fourth-order valence-electron chi connectivity index (χ4n) is 8.27. The van der Waals surface area contributed by atoms with Crippen LogP contribution in [0.4, 0.5) is 0 Å². The Hall–Kier alpha value is -3.15. The monoisotopic (exact) mass is 963 g/mol. The van der Waals surface area contributed by atoms with E-state index in [0.717, 1.165) is 103 Å². The van der Waals surface area contributed by atoms with Crippen LogP contribution in [0.5, 0.6) is 0 Å². The quantitative estimate of drug-likeness (QED) is 0.0199. The summed E-state index contributed by atoms with van der Waals surface area (Å²) >= 11 is 0. The number of hydrogen-bond acceptors (Lipinski definition) is 6. The van der Waals surface area contributed by atoms with E-state index in [0.29, 0.717) is 19.3 Å². The molecule has 0 aromatic rings. The summed E-state index contributed by atoms with van der Waals surface area (Å²) in [4.78, 5) is 38.2. The predicted molar refractivity (Wildman–Crippen MR) is 298 cm³/mol. The third kappa shape index (κ3) is 55.6. The first kappa shape index (κ1) is 65.8. The maximum absolute atomic E-state index is 12.9. The number of ether oxygens (including phenoxy) is 3. The Morgan fingerprint density at radius 3 is 1.00 bits per heavy atom. The van der Waals surface area contributed by atoms with Crippen molar-refractivity contribution in [2.75, 3.05) is 13.2 Å². The molecule has 0 amide bonds. The van der Waals surface area contributed by atoms with Gasteiger partial charge in [0.25, 0.3) is 0 Å². The SMILES string of the molecule is CC/C=C\C/C=C\C/C=C\CCCCCCCCC(=O)OC(COC(=O)CCCCC/C=C\C=C/CCCCCCCCC)COC(=O)CCCCCCCCC/C=C\CCCCCCCCCC. The van der Waals surface area contributed by atoms with Crippen LogP contribution in [0.15, 0.2) is 72.9 Å². The van der Waals surface area contributed by atoms with Crippen molar-refractivity contribution in [2.24, 2.45) is 0 Å². The summed E-state index contributed by atoms with van der Waals surface area (Å²) < 4.78 is 16.9. The van der Waals surface area contributed by atoms with E-state index in [1.165, 1.54) is 148 Å². The van der Waals surface area contributed by atoms with Crippen molar-refractivity contribution in [3.8, 4) is 0 Å². The van der Waals surface area contributed by atoms with Crippen LogP contribution in [0.1, 0.15) is 290 Å². The molecule has 0 saturated heterocycles. The molecule has 0 N–H and O–H groups in total. The summed E-state index contributed by atoms with van der Waals surface area (Å²) in [6, 6.07) is 0. The molecule has 0 aliphatic carbocycles. The number of allylic oxidation sites excluding steroid dienone is 12. The Kier molecular flexibility index (Phi) is 54.8. The normalized spacial score (nSPS) is 12.6. The van der Waals surface area contributed by atoms with Crippen LogP contribution in [0, 0.1) is 0 Å². The van der Waals surface area contributed by atoms with Crippen LogP contribution in [-0.4, -0.2) is 37.2 Å². The van der Waals surface area contributed by atoms with E-state index in [4.69, 9.17) is 14.2 Å². The summed E-state index contributed by atoms with van der Waals surface area (Å²) in [5.74, 6) is -0.926. The minimum atomic E-state index is -0.796. The Balaban J connectivity index is 4.42. The summed E-state index contributed by atoms with van der Waals surface area (Å²) in [6.07, 6.45) is 73.2. The Bertz CT molecular complexity index is 1290. The van der Waals surface area contributed by atoms with Gasteiger partial charge in [0.15, 0.2) is 6.10 Å². The highest BCUT2D eigenvalue weighted by Crippen LogP contribution is 2.15. The van der Waals surface area contributed by atoms with Crippen LogP contribution >= 0.6 is 0 Å². The van der Waals surface area contributed by atoms with Crippen molar-refractivity contribution in [3.05, 3.63) is 72.9 Å². The molecule has 6 heteroatoms. The van der Waals surface area contributed by atoms with E-state index >= 15 is 0 Å². The molecule has 1 unspecified atom stereocenters. The molecule has 0 heterocycles. The number of unbranched alkanes of at least 4 members (excludes halogenated alkanes) is 31. The van der Waals surface area contributed by atoms with Gasteiger partial charge in [0.05, 0.1) is 0 Å². The topological polar surface area (TPSA) is 78.9 Å². The molecule has 1 atom stereocenters. The molecule has 0 aliphatic rings. The number of rotatable bonds is 53. The van der Waals surface area contributed by atoms with Crippen molar-refractivity contribution in [1.82, 2.24) is 0 Å². The number of hydrogen-bond donors (Lipinski definition) is 0. The minimum absolute atomic E-state index is 0.0910. The highest BCUT2D eigenvalue weighted by molar-refractivity contribution is 5.71. The van der Waals surface area contributed by atoms with Crippen LogP contribution in [0.2, 0.25) is 0 Å². The standard InChI is InChI=1S/C63H110O6/c1-4-7-10-13-16-19-22-25-28-31-32-33-36-38-41-44-47-50-53-56-62(65)68-59-60(69-63(66)57-54-51-48-45-42-39-35-30-27-24-21-18-15-12-9-6-3)58-67-61(64)55-52-49-46-43-40-37-34-29-26-23-20-17-14-11-8-5-2/h9,12,18,21,27,29-32,34,37,40,60H,4-8,10-11,13-17,19-20,22-26,28,33,35-36,38-39,41-59H2,1-3H3/b12-9-,21-18-,30-27-,32-31-,34-29-,40-37-. The maximum atomic E-state index is 12.9. The Labute approximate surface area is 427 Å². The molecule has 0 spiro atoms. The first-order valence-corrected chi connectivity index (χ1v) is 29.5. The van der Waals surface area contributed by atoms with Gasteiger partial charge in [-0.2, -0.15) is 0 Å². The molecular formula is C63H110O6. The van der Waals surface area contributed by atoms with Crippen molar-refractivity contribution >= 4 is 17.9 Å². The zero-order valence-electron chi connectivity index (χ0n) is 45.6. The predicted octanol–water partition coefficient (Wildman–Crippen LogP) is 19.8. The molecule has 0 fully saturated rings. The largest absolute Gasteiger partial charge is 0.462 e. The third-order valence-corrected chi connectivity index (χ3v) is 12.7. The van der Waals surface area contributed by atoms with Gasteiger partial charge in [-0.15, -0.1) is 0 Å². The molecular weight excluding hydrogens is 853 g/mol. The fourth-order valence-corrected chi connectivity index (χ4v) is 8.27. The Morgan fingerprint density at radius 2 is 0.609 bits per heavy atom. The van der Waals surface area contributed by atoms with Crippen LogP contribution in [0.3, 0.4) is 0 Å². The van der Waals surface area contributed by atoms with E-state index in [1.807, 2.05) is 0 Å². The van der Waals surface area contributed by atoms with Gasteiger partial charge < -0.3 is 14.2 Å². The average Bonchev–Trinajstić information content (AvgIpc) is 3.35. The van der Waals surface area contributed by atoms with Gasteiger partial charge in [0, 0.05) is 19.3 Å². The lowest BCUT2D eigenvalue weighted by Gasteiger charge is -2.18. The van der Waals surface area contributed by atoms with Crippen molar-refractivity contribution in [2.45, 2.75) is 297 Å². The van der Waals surface area contributed by atoms with Crippen LogP contribution in [0.25, 0.3) is 0 Å². The van der Waals surface area contributed by atoms with Gasteiger partial charge in [-0.1, -0.05) is 241 Å². The first-order chi connectivity index (χ1) is 34.0. The second-order valence-corrected chi connectivity index (χ2v) is 19.5. The van der Waals surface area contributed by atoms with E-state index in [1.54, 1.807) is 0 Å². The molecule has 0 aliphatic heterocycles. The van der Waals surface area contributed by atoms with Crippen molar-refractivity contribution in [1.29, 1.82) is 0 Å². The third-order valence-electron chi connectivity index (χ3n) is 12.7. The summed E-state index contributed by atoms with van der Waals surface area (Å²) in [6.45, 7) is 6.51. The minimum Gasteiger partial charge on any atom is -0.462 e. The number of carbonyl (C=O) groups excluding carboxylic acids is 3. The van der Waals surface area contributed by atoms with Gasteiger partial charge in [-0.05, 0) is 103 Å². The summed E-state index contributed by atoms with van der Waals surface area (Å²) in [5.41, 5.74) is 0. The lowest BCUT2D eigenvalue weighted by atomic mass is 10.1.